The Morgan fingerprint density at radius 2 is 2.42 bits per heavy atom. The maximum absolute atomic E-state index is 8.83. The molecule has 2 rings (SSSR count). The van der Waals surface area contributed by atoms with Gasteiger partial charge in [-0.15, -0.1) is 0 Å². The number of hydrogen-bond donors (Lipinski definition) is 0. The highest BCUT2D eigenvalue weighted by Crippen LogP contribution is 2.49. The summed E-state index contributed by atoms with van der Waals surface area (Å²) in [6.45, 7) is 0. The SMILES string of the molecule is COC12C=CC=CC1CC2C#N. The Morgan fingerprint density at radius 1 is 1.58 bits per heavy atom. The van der Waals surface area contributed by atoms with E-state index in [1.54, 1.807) is 7.11 Å². The molecule has 3 unspecified atom stereocenters. The lowest BCUT2D eigenvalue weighted by atomic mass is 9.60. The molecule has 0 saturated heterocycles. The van der Waals surface area contributed by atoms with Crippen molar-refractivity contribution in [3.8, 4) is 6.07 Å². The number of ether oxygens (including phenoxy) is 1. The van der Waals surface area contributed by atoms with Crippen molar-refractivity contribution in [2.45, 2.75) is 12.0 Å². The van der Waals surface area contributed by atoms with E-state index in [0.29, 0.717) is 5.92 Å². The van der Waals surface area contributed by atoms with Crippen LogP contribution in [-0.4, -0.2) is 12.7 Å². The molecule has 12 heavy (non-hydrogen) atoms. The maximum Gasteiger partial charge on any atom is 0.108 e. The lowest BCUT2D eigenvalue weighted by Crippen LogP contribution is -2.55. The molecule has 0 heterocycles. The fourth-order valence-corrected chi connectivity index (χ4v) is 2.11. The quantitative estimate of drug-likeness (QED) is 0.586. The zero-order valence-electron chi connectivity index (χ0n) is 7.03. The van der Waals surface area contributed by atoms with Gasteiger partial charge in [-0.25, -0.2) is 0 Å². The number of fused-ring (bicyclic) bond motifs is 1. The minimum Gasteiger partial charge on any atom is -0.372 e. The predicted octanol–water partition coefficient (Wildman–Crippen LogP) is 1.66. The normalized spacial score (nSPS) is 43.0. The fourth-order valence-electron chi connectivity index (χ4n) is 2.11. The number of allylic oxidation sites excluding steroid dienone is 2. The fraction of sp³-hybridized carbons (Fsp3) is 0.500. The molecule has 0 amide bonds. The highest BCUT2D eigenvalue weighted by molar-refractivity contribution is 5.32. The van der Waals surface area contributed by atoms with E-state index >= 15 is 0 Å². The first-order chi connectivity index (χ1) is 5.83. The van der Waals surface area contributed by atoms with Crippen LogP contribution in [0.2, 0.25) is 0 Å². The Balaban J connectivity index is 2.29. The van der Waals surface area contributed by atoms with Crippen LogP contribution >= 0.6 is 0 Å². The first-order valence-electron chi connectivity index (χ1n) is 4.14. The molecule has 1 saturated carbocycles. The summed E-state index contributed by atoms with van der Waals surface area (Å²) in [6.07, 6.45) is 9.05. The molecule has 0 spiro atoms. The van der Waals surface area contributed by atoms with Crippen LogP contribution in [0.5, 0.6) is 0 Å². The van der Waals surface area contributed by atoms with Gasteiger partial charge in [0.1, 0.15) is 5.60 Å². The average Bonchev–Trinajstić information content (AvgIpc) is 2.08. The lowest BCUT2D eigenvalue weighted by molar-refractivity contribution is -0.0998. The third-order valence-corrected chi connectivity index (χ3v) is 2.93. The summed E-state index contributed by atoms with van der Waals surface area (Å²) in [5.41, 5.74) is -0.302. The van der Waals surface area contributed by atoms with Crippen LogP contribution in [0.25, 0.3) is 0 Å². The Morgan fingerprint density at radius 3 is 3.00 bits per heavy atom. The molecular formula is C10H11NO. The zero-order valence-corrected chi connectivity index (χ0v) is 7.03. The summed E-state index contributed by atoms with van der Waals surface area (Å²) in [6, 6.07) is 2.28. The van der Waals surface area contributed by atoms with Gasteiger partial charge >= 0.3 is 0 Å². The molecule has 1 fully saturated rings. The van der Waals surface area contributed by atoms with E-state index in [4.69, 9.17) is 10.00 Å². The molecule has 0 bridgehead atoms. The van der Waals surface area contributed by atoms with Crippen molar-refractivity contribution >= 4 is 0 Å². The Hall–Kier alpha value is -1.07. The van der Waals surface area contributed by atoms with E-state index < -0.39 is 0 Å². The van der Waals surface area contributed by atoms with Crippen LogP contribution in [0.4, 0.5) is 0 Å². The van der Waals surface area contributed by atoms with Crippen molar-refractivity contribution in [2.75, 3.05) is 7.11 Å². The van der Waals surface area contributed by atoms with Crippen molar-refractivity contribution in [2.24, 2.45) is 11.8 Å². The van der Waals surface area contributed by atoms with Crippen molar-refractivity contribution in [3.05, 3.63) is 24.3 Å². The molecule has 2 aliphatic rings. The van der Waals surface area contributed by atoms with Gasteiger partial charge in [0.05, 0.1) is 12.0 Å². The second-order valence-electron chi connectivity index (χ2n) is 3.33. The van der Waals surface area contributed by atoms with Gasteiger partial charge in [-0.1, -0.05) is 24.3 Å². The van der Waals surface area contributed by atoms with Gasteiger partial charge in [-0.3, -0.25) is 0 Å². The third kappa shape index (κ3) is 0.720. The van der Waals surface area contributed by atoms with Crippen molar-refractivity contribution in [1.82, 2.24) is 0 Å². The van der Waals surface area contributed by atoms with E-state index in [0.717, 1.165) is 6.42 Å². The van der Waals surface area contributed by atoms with E-state index in [2.05, 4.69) is 12.1 Å². The van der Waals surface area contributed by atoms with Crippen LogP contribution in [0.15, 0.2) is 24.3 Å². The number of nitriles is 1. The Labute approximate surface area is 72.1 Å². The maximum atomic E-state index is 8.83. The molecule has 2 heteroatoms. The molecule has 0 aromatic rings. The van der Waals surface area contributed by atoms with E-state index in [1.807, 2.05) is 18.2 Å². The monoisotopic (exact) mass is 161 g/mol. The Kier molecular flexibility index (Phi) is 1.55. The molecular weight excluding hydrogens is 150 g/mol. The third-order valence-electron chi connectivity index (χ3n) is 2.93. The molecule has 0 aromatic carbocycles. The minimum atomic E-state index is -0.302. The first kappa shape index (κ1) is 7.57. The van der Waals surface area contributed by atoms with Gasteiger partial charge in [0.25, 0.3) is 0 Å². The smallest absolute Gasteiger partial charge is 0.108 e. The molecule has 0 aliphatic heterocycles. The van der Waals surface area contributed by atoms with Crippen LogP contribution in [-0.2, 0) is 4.74 Å². The predicted molar refractivity (Wildman–Crippen MR) is 45.2 cm³/mol. The largest absolute Gasteiger partial charge is 0.372 e. The van der Waals surface area contributed by atoms with Crippen molar-refractivity contribution < 1.29 is 4.74 Å². The summed E-state index contributed by atoms with van der Waals surface area (Å²) in [5, 5.41) is 8.83. The second-order valence-corrected chi connectivity index (χ2v) is 3.33. The average molecular weight is 161 g/mol. The van der Waals surface area contributed by atoms with E-state index in [1.165, 1.54) is 0 Å². The summed E-state index contributed by atoms with van der Waals surface area (Å²) in [5.74, 6) is 0.450. The standard InChI is InChI=1S/C10H11NO/c1-12-10-5-3-2-4-8(10)6-9(10)7-11/h2-5,8-9H,6H2,1H3. The highest BCUT2D eigenvalue weighted by Gasteiger charge is 2.53. The second kappa shape index (κ2) is 2.46. The van der Waals surface area contributed by atoms with Gasteiger partial charge in [0.2, 0.25) is 0 Å². The number of methoxy groups -OCH3 is 1. The molecule has 0 N–H and O–H groups in total. The van der Waals surface area contributed by atoms with Crippen LogP contribution in [0.3, 0.4) is 0 Å². The van der Waals surface area contributed by atoms with Gasteiger partial charge in [0.15, 0.2) is 0 Å². The lowest BCUT2D eigenvalue weighted by Gasteiger charge is -2.50. The zero-order chi connectivity index (χ0) is 8.60. The van der Waals surface area contributed by atoms with Gasteiger partial charge in [0, 0.05) is 13.0 Å². The van der Waals surface area contributed by atoms with E-state index in [9.17, 15) is 0 Å². The van der Waals surface area contributed by atoms with Crippen LogP contribution in [0.1, 0.15) is 6.42 Å². The summed E-state index contributed by atoms with van der Waals surface area (Å²) in [7, 11) is 1.68. The number of nitrogens with zero attached hydrogens (tertiary/aromatic N) is 1. The summed E-state index contributed by atoms with van der Waals surface area (Å²) in [4.78, 5) is 0. The van der Waals surface area contributed by atoms with E-state index in [-0.39, 0.29) is 11.5 Å². The summed E-state index contributed by atoms with van der Waals surface area (Å²) < 4.78 is 5.42. The molecule has 3 atom stereocenters. The van der Waals surface area contributed by atoms with Crippen LogP contribution in [0, 0.1) is 23.2 Å². The van der Waals surface area contributed by atoms with Gasteiger partial charge in [-0.2, -0.15) is 5.26 Å². The molecule has 2 nitrogen and oxygen atoms in total. The Bertz CT molecular complexity index is 287. The molecule has 0 radical (unpaired) electrons. The number of hydrogen-bond acceptors (Lipinski definition) is 2. The molecule has 2 aliphatic carbocycles. The van der Waals surface area contributed by atoms with Crippen molar-refractivity contribution in [1.29, 1.82) is 5.26 Å². The van der Waals surface area contributed by atoms with Crippen LogP contribution < -0.4 is 0 Å². The molecule has 0 aromatic heterocycles. The van der Waals surface area contributed by atoms with Gasteiger partial charge < -0.3 is 4.74 Å². The first-order valence-corrected chi connectivity index (χ1v) is 4.14. The minimum absolute atomic E-state index is 0.0358. The topological polar surface area (TPSA) is 33.0 Å². The summed E-state index contributed by atoms with van der Waals surface area (Å²) >= 11 is 0. The van der Waals surface area contributed by atoms with Gasteiger partial charge in [-0.05, 0) is 6.42 Å². The highest BCUT2D eigenvalue weighted by atomic mass is 16.5. The number of rotatable bonds is 1. The van der Waals surface area contributed by atoms with Crippen molar-refractivity contribution in [3.63, 3.8) is 0 Å². The molecule has 62 valence electrons.